The predicted octanol–water partition coefficient (Wildman–Crippen LogP) is 5.27. The number of carbonyl (C=O) groups excluding carboxylic acids is 2. The van der Waals surface area contributed by atoms with Crippen LogP contribution in [0.5, 0.6) is 5.75 Å². The van der Waals surface area contributed by atoms with Crippen LogP contribution in [0.25, 0.3) is 6.08 Å². The zero-order valence-electron chi connectivity index (χ0n) is 18.1. The third-order valence-corrected chi connectivity index (χ3v) is 6.05. The number of rotatable bonds is 7. The van der Waals surface area contributed by atoms with Gasteiger partial charge in [-0.15, -0.1) is 0 Å². The third-order valence-electron chi connectivity index (χ3n) is 4.37. The molecular weight excluding hydrogens is 513 g/mol. The van der Waals surface area contributed by atoms with E-state index >= 15 is 0 Å². The summed E-state index contributed by atoms with van der Waals surface area (Å²) in [5, 5.41) is 15.2. The maximum Gasteiger partial charge on any atom is 0.339 e. The predicted molar refractivity (Wildman–Crippen MR) is 134 cm³/mol. The van der Waals surface area contributed by atoms with E-state index in [9.17, 15) is 23.3 Å². The number of hydrogen-bond acceptors (Lipinski definition) is 6. The van der Waals surface area contributed by atoms with Gasteiger partial charge in [-0.1, -0.05) is 41.4 Å². The average Bonchev–Trinajstić information content (AvgIpc) is 2.77. The first-order chi connectivity index (χ1) is 16.6. The minimum atomic E-state index is -4.26. The molecule has 8 nitrogen and oxygen atoms in total. The molecule has 0 aliphatic carbocycles. The van der Waals surface area contributed by atoms with Crippen molar-refractivity contribution in [3.8, 4) is 11.8 Å². The molecule has 0 radical (unpaired) electrons. The van der Waals surface area contributed by atoms with E-state index in [0.29, 0.717) is 15.7 Å². The summed E-state index contributed by atoms with van der Waals surface area (Å²) < 4.78 is 30.8. The van der Waals surface area contributed by atoms with Gasteiger partial charge in [-0.3, -0.25) is 9.59 Å². The topological polar surface area (TPSA) is 125 Å². The summed E-state index contributed by atoms with van der Waals surface area (Å²) in [5.41, 5.74) is 0.574. The molecule has 0 bridgehead atoms. The Morgan fingerprint density at radius 2 is 1.57 bits per heavy atom. The van der Waals surface area contributed by atoms with Gasteiger partial charge in [0.25, 0.3) is 5.91 Å². The Morgan fingerprint density at radius 1 is 0.943 bits per heavy atom. The molecule has 0 saturated carbocycles. The second-order valence-electron chi connectivity index (χ2n) is 7.06. The van der Waals surface area contributed by atoms with Gasteiger partial charge in [-0.05, 0) is 54.6 Å². The number of nitrogens with zero attached hydrogens (tertiary/aromatic N) is 1. The maximum atomic E-state index is 12.8. The molecule has 35 heavy (non-hydrogen) atoms. The zero-order valence-corrected chi connectivity index (χ0v) is 20.4. The van der Waals surface area contributed by atoms with Crippen molar-refractivity contribution in [3.05, 3.63) is 87.9 Å². The SMILES string of the molecule is CC(=O)Nc1ccc(S(=O)(=O)Oc2ccccc2/C=C(\C#N)C(=O)Nc2cc(Cl)cc(Cl)c2)cc1. The Hall–Kier alpha value is -3.84. The molecule has 0 atom stereocenters. The lowest BCUT2D eigenvalue weighted by Crippen LogP contribution is -2.14. The molecule has 0 aliphatic heterocycles. The van der Waals surface area contributed by atoms with Crippen LogP contribution in [0.15, 0.2) is 77.2 Å². The molecule has 178 valence electrons. The Kier molecular flexibility index (Phi) is 8.14. The standard InChI is InChI=1S/C24H17Cl2N3O5S/c1-15(30)28-20-6-8-22(9-7-20)35(32,33)34-23-5-3-2-4-16(23)10-17(14-27)24(31)29-21-12-18(25)11-19(26)13-21/h2-13H,1H3,(H,28,30)(H,29,31)/b17-10+. The quantitative estimate of drug-likeness (QED) is 0.244. The summed E-state index contributed by atoms with van der Waals surface area (Å²) >= 11 is 11.9. The molecule has 3 aromatic rings. The number of hydrogen-bond donors (Lipinski definition) is 2. The van der Waals surface area contributed by atoms with Gasteiger partial charge in [0.1, 0.15) is 22.3 Å². The van der Waals surface area contributed by atoms with Crippen molar-refractivity contribution in [1.29, 1.82) is 5.26 Å². The monoisotopic (exact) mass is 529 g/mol. The molecular formula is C24H17Cl2N3O5S. The van der Waals surface area contributed by atoms with E-state index in [0.717, 1.165) is 0 Å². The maximum absolute atomic E-state index is 12.8. The summed E-state index contributed by atoms with van der Waals surface area (Å²) in [6.07, 6.45) is 1.20. The third kappa shape index (κ3) is 7.07. The fourth-order valence-corrected chi connectivity index (χ4v) is 4.36. The molecule has 0 aliphatic rings. The second-order valence-corrected chi connectivity index (χ2v) is 9.48. The van der Waals surface area contributed by atoms with E-state index in [1.54, 1.807) is 18.2 Å². The number of carbonyl (C=O) groups is 2. The van der Waals surface area contributed by atoms with E-state index in [1.165, 1.54) is 67.6 Å². The number of halogens is 2. The molecule has 3 rings (SSSR count). The minimum absolute atomic E-state index is 0.0928. The molecule has 0 aromatic heterocycles. The molecule has 0 heterocycles. The summed E-state index contributed by atoms with van der Waals surface area (Å²) in [6.45, 7) is 1.33. The van der Waals surface area contributed by atoms with E-state index in [-0.39, 0.29) is 33.4 Å². The first-order valence-corrected chi connectivity index (χ1v) is 12.0. The van der Waals surface area contributed by atoms with Crippen molar-refractivity contribution >= 4 is 62.6 Å². The molecule has 0 saturated heterocycles. The van der Waals surface area contributed by atoms with Crippen molar-refractivity contribution in [2.24, 2.45) is 0 Å². The molecule has 11 heteroatoms. The Balaban J connectivity index is 1.86. The van der Waals surface area contributed by atoms with Crippen LogP contribution >= 0.6 is 23.2 Å². The van der Waals surface area contributed by atoms with Crippen LogP contribution in [-0.2, 0) is 19.7 Å². The van der Waals surface area contributed by atoms with Crippen LogP contribution in [-0.4, -0.2) is 20.2 Å². The number of amides is 2. The van der Waals surface area contributed by atoms with Gasteiger partial charge in [0.05, 0.1) is 0 Å². The molecule has 0 fully saturated rings. The number of nitrogens with one attached hydrogen (secondary N) is 2. The van der Waals surface area contributed by atoms with Crippen LogP contribution < -0.4 is 14.8 Å². The van der Waals surface area contributed by atoms with E-state index in [2.05, 4.69) is 10.6 Å². The molecule has 3 aromatic carbocycles. The Labute approximate surface area is 211 Å². The fourth-order valence-electron chi connectivity index (χ4n) is 2.88. The summed E-state index contributed by atoms with van der Waals surface area (Å²) in [5.74, 6) is -1.14. The van der Waals surface area contributed by atoms with E-state index in [1.807, 2.05) is 0 Å². The number of nitriles is 1. The van der Waals surface area contributed by atoms with Gasteiger partial charge in [0.2, 0.25) is 5.91 Å². The van der Waals surface area contributed by atoms with Crippen molar-refractivity contribution < 1.29 is 22.2 Å². The normalized spacial score (nSPS) is 11.3. The van der Waals surface area contributed by atoms with Gasteiger partial charge in [0.15, 0.2) is 0 Å². The highest BCUT2D eigenvalue weighted by atomic mass is 35.5. The average molecular weight is 530 g/mol. The van der Waals surface area contributed by atoms with Crippen LogP contribution in [0.3, 0.4) is 0 Å². The van der Waals surface area contributed by atoms with Crippen molar-refractivity contribution in [3.63, 3.8) is 0 Å². The minimum Gasteiger partial charge on any atom is -0.378 e. The van der Waals surface area contributed by atoms with Crippen LogP contribution in [0.2, 0.25) is 10.0 Å². The highest BCUT2D eigenvalue weighted by Gasteiger charge is 2.19. The molecule has 0 spiro atoms. The van der Waals surface area contributed by atoms with Gasteiger partial charge in [-0.25, -0.2) is 0 Å². The van der Waals surface area contributed by atoms with Crippen LogP contribution in [0.1, 0.15) is 12.5 Å². The second kappa shape index (κ2) is 11.1. The summed E-state index contributed by atoms with van der Waals surface area (Å²) in [4.78, 5) is 23.6. The van der Waals surface area contributed by atoms with E-state index in [4.69, 9.17) is 27.4 Å². The van der Waals surface area contributed by atoms with E-state index < -0.39 is 16.0 Å². The summed E-state index contributed by atoms with van der Waals surface area (Å²) in [7, 11) is -4.26. The van der Waals surface area contributed by atoms with Crippen LogP contribution in [0, 0.1) is 11.3 Å². The van der Waals surface area contributed by atoms with Gasteiger partial charge >= 0.3 is 10.1 Å². The zero-order chi connectivity index (χ0) is 25.6. The Morgan fingerprint density at radius 3 is 2.17 bits per heavy atom. The van der Waals surface area contributed by atoms with Gasteiger partial charge in [-0.2, -0.15) is 13.7 Å². The smallest absolute Gasteiger partial charge is 0.339 e. The number of benzene rings is 3. The Bertz CT molecular complexity index is 1440. The van der Waals surface area contributed by atoms with Gasteiger partial charge in [0, 0.05) is 33.9 Å². The van der Waals surface area contributed by atoms with Crippen molar-refractivity contribution in [2.45, 2.75) is 11.8 Å². The summed E-state index contributed by atoms with van der Waals surface area (Å²) in [6, 6.07) is 17.6. The molecule has 0 unspecified atom stereocenters. The first kappa shape index (κ1) is 25.8. The van der Waals surface area contributed by atoms with Crippen LogP contribution in [0.4, 0.5) is 11.4 Å². The first-order valence-electron chi connectivity index (χ1n) is 9.88. The molecule has 2 amide bonds. The number of anilines is 2. The van der Waals surface area contributed by atoms with Crippen molar-refractivity contribution in [1.82, 2.24) is 0 Å². The largest absolute Gasteiger partial charge is 0.378 e. The lowest BCUT2D eigenvalue weighted by Gasteiger charge is -2.11. The number of para-hydroxylation sites is 1. The lowest BCUT2D eigenvalue weighted by atomic mass is 10.1. The molecule has 2 N–H and O–H groups in total. The highest BCUT2D eigenvalue weighted by molar-refractivity contribution is 7.87. The highest BCUT2D eigenvalue weighted by Crippen LogP contribution is 2.27. The van der Waals surface area contributed by atoms with Gasteiger partial charge < -0.3 is 14.8 Å². The lowest BCUT2D eigenvalue weighted by molar-refractivity contribution is -0.114. The fraction of sp³-hybridized carbons (Fsp3) is 0.0417. The van der Waals surface area contributed by atoms with Crippen molar-refractivity contribution in [2.75, 3.05) is 10.6 Å².